The fourth-order valence-corrected chi connectivity index (χ4v) is 2.23. The van der Waals surface area contributed by atoms with E-state index in [1.54, 1.807) is 25.1 Å². The van der Waals surface area contributed by atoms with Crippen LogP contribution in [0.1, 0.15) is 18.9 Å². The zero-order valence-corrected chi connectivity index (χ0v) is 12.4. The summed E-state index contributed by atoms with van der Waals surface area (Å²) in [4.78, 5) is 11.7. The molecule has 0 bridgehead atoms. The van der Waals surface area contributed by atoms with E-state index in [0.29, 0.717) is 28.8 Å². The molecule has 1 heterocycles. The number of nitrogens with one attached hydrogen (secondary N) is 1. The molecule has 0 unspecified atom stereocenters. The van der Waals surface area contributed by atoms with Crippen LogP contribution in [0, 0.1) is 0 Å². The third-order valence-electron chi connectivity index (χ3n) is 2.74. The highest BCUT2D eigenvalue weighted by molar-refractivity contribution is 6.36. The van der Waals surface area contributed by atoms with E-state index in [2.05, 4.69) is 10.5 Å². The number of carbonyl (C=O) groups excluding carboxylic acids is 1. The van der Waals surface area contributed by atoms with E-state index in [1.807, 2.05) is 0 Å². The quantitative estimate of drug-likeness (QED) is 0.686. The van der Waals surface area contributed by atoms with Crippen LogP contribution in [0.15, 0.2) is 23.3 Å². The molecule has 2 rings (SSSR count). The van der Waals surface area contributed by atoms with E-state index >= 15 is 0 Å². The monoisotopic (exact) mass is 316 g/mol. The number of nitrogens with zero attached hydrogens (tertiary/aromatic N) is 1. The average molecular weight is 317 g/mol. The summed E-state index contributed by atoms with van der Waals surface area (Å²) in [6.45, 7) is 2.71. The van der Waals surface area contributed by atoms with Crippen molar-refractivity contribution >= 4 is 35.3 Å². The third-order valence-corrected chi connectivity index (χ3v) is 3.30. The van der Waals surface area contributed by atoms with Gasteiger partial charge in [-0.2, -0.15) is 5.10 Å². The van der Waals surface area contributed by atoms with Gasteiger partial charge in [0.05, 0.1) is 30.9 Å². The van der Waals surface area contributed by atoms with Crippen LogP contribution in [0.2, 0.25) is 10.0 Å². The van der Waals surface area contributed by atoms with Crippen molar-refractivity contribution in [3.8, 4) is 0 Å². The summed E-state index contributed by atoms with van der Waals surface area (Å²) in [6.07, 6.45) is 1.54. The van der Waals surface area contributed by atoms with Crippen molar-refractivity contribution in [2.75, 3.05) is 13.2 Å². The number of halogens is 2. The molecule has 5 nitrogen and oxygen atoms in total. The van der Waals surface area contributed by atoms with Gasteiger partial charge in [-0.25, -0.2) is 5.43 Å². The van der Waals surface area contributed by atoms with Gasteiger partial charge in [-0.1, -0.05) is 29.3 Å². The highest BCUT2D eigenvalue weighted by Crippen LogP contribution is 2.22. The van der Waals surface area contributed by atoms with Gasteiger partial charge in [-0.05, 0) is 19.1 Å². The van der Waals surface area contributed by atoms with Gasteiger partial charge < -0.3 is 9.47 Å². The minimum absolute atomic E-state index is 0.0820. The average Bonchev–Trinajstić information content (AvgIpc) is 2.78. The molecule has 0 spiro atoms. The lowest BCUT2D eigenvalue weighted by Crippen LogP contribution is -2.33. The van der Waals surface area contributed by atoms with Gasteiger partial charge in [-0.15, -0.1) is 0 Å². The zero-order chi connectivity index (χ0) is 14.6. The van der Waals surface area contributed by atoms with E-state index in [-0.39, 0.29) is 12.3 Å². The molecule has 1 N–H and O–H groups in total. The van der Waals surface area contributed by atoms with Gasteiger partial charge in [0.15, 0.2) is 5.79 Å². The number of amides is 1. The Bertz CT molecular complexity index is 528. The molecular formula is C13H14Cl2N2O3. The summed E-state index contributed by atoms with van der Waals surface area (Å²) >= 11 is 11.8. The van der Waals surface area contributed by atoms with E-state index < -0.39 is 5.79 Å². The first-order chi connectivity index (χ1) is 9.48. The lowest BCUT2D eigenvalue weighted by Gasteiger charge is -2.20. The summed E-state index contributed by atoms with van der Waals surface area (Å²) < 4.78 is 10.7. The van der Waals surface area contributed by atoms with Gasteiger partial charge in [0.1, 0.15) is 0 Å². The predicted molar refractivity (Wildman–Crippen MR) is 77.1 cm³/mol. The van der Waals surface area contributed by atoms with Crippen molar-refractivity contribution in [2.24, 2.45) is 5.10 Å². The molecule has 0 saturated carbocycles. The third kappa shape index (κ3) is 4.18. The number of hydrogen-bond donors (Lipinski definition) is 1. The number of hydrogen-bond acceptors (Lipinski definition) is 4. The van der Waals surface area contributed by atoms with Crippen molar-refractivity contribution in [3.63, 3.8) is 0 Å². The first-order valence-electron chi connectivity index (χ1n) is 6.03. The number of carbonyl (C=O) groups is 1. The molecule has 108 valence electrons. The Balaban J connectivity index is 1.88. The minimum atomic E-state index is -0.864. The van der Waals surface area contributed by atoms with Gasteiger partial charge in [0.2, 0.25) is 5.91 Å². The maximum absolute atomic E-state index is 11.7. The Hall–Kier alpha value is -1.14. The largest absolute Gasteiger partial charge is 0.347 e. The topological polar surface area (TPSA) is 59.9 Å². The van der Waals surface area contributed by atoms with Crippen LogP contribution in [0.4, 0.5) is 0 Å². The van der Waals surface area contributed by atoms with E-state index in [9.17, 15) is 4.79 Å². The second-order valence-corrected chi connectivity index (χ2v) is 5.31. The summed E-state index contributed by atoms with van der Waals surface area (Å²) in [5.41, 5.74) is 3.07. The van der Waals surface area contributed by atoms with Crippen LogP contribution in [0.5, 0.6) is 0 Å². The normalized spacial score (nSPS) is 17.6. The van der Waals surface area contributed by atoms with Gasteiger partial charge in [-0.3, -0.25) is 4.79 Å². The minimum Gasteiger partial charge on any atom is -0.347 e. The van der Waals surface area contributed by atoms with Crippen LogP contribution in [0.25, 0.3) is 0 Å². The Labute approximate surface area is 126 Å². The van der Waals surface area contributed by atoms with Gasteiger partial charge >= 0.3 is 0 Å². The van der Waals surface area contributed by atoms with Crippen molar-refractivity contribution in [2.45, 2.75) is 19.1 Å². The van der Waals surface area contributed by atoms with Crippen molar-refractivity contribution in [3.05, 3.63) is 33.8 Å². The molecule has 1 aromatic carbocycles. The van der Waals surface area contributed by atoms with E-state index in [1.165, 1.54) is 6.21 Å². The second kappa shape index (κ2) is 6.54. The van der Waals surface area contributed by atoms with Crippen LogP contribution in [0.3, 0.4) is 0 Å². The number of benzene rings is 1. The highest BCUT2D eigenvalue weighted by Gasteiger charge is 2.33. The maximum Gasteiger partial charge on any atom is 0.245 e. The number of ether oxygens (including phenoxy) is 2. The Morgan fingerprint density at radius 3 is 2.80 bits per heavy atom. The molecule has 1 amide bonds. The molecule has 20 heavy (non-hydrogen) atoms. The standard InChI is InChI=1S/C13H14Cl2N2O3/c1-13(19-4-5-20-13)7-12(18)17-16-8-9-2-3-10(14)6-11(9)15/h2-3,6,8H,4-5,7H2,1H3,(H,17,18)/b16-8+. The van der Waals surface area contributed by atoms with E-state index in [0.717, 1.165) is 0 Å². The van der Waals surface area contributed by atoms with Crippen LogP contribution in [-0.2, 0) is 14.3 Å². The summed E-state index contributed by atoms with van der Waals surface area (Å²) in [5.74, 6) is -1.16. The smallest absolute Gasteiger partial charge is 0.245 e. The molecule has 0 aromatic heterocycles. The molecule has 0 atom stereocenters. The second-order valence-electron chi connectivity index (χ2n) is 4.47. The molecule has 0 radical (unpaired) electrons. The summed E-state index contributed by atoms with van der Waals surface area (Å²) in [5, 5.41) is 4.85. The number of hydrazone groups is 1. The Kier molecular flexibility index (Phi) is 4.99. The lowest BCUT2D eigenvalue weighted by molar-refractivity contribution is -0.159. The molecule has 1 saturated heterocycles. The fourth-order valence-electron chi connectivity index (χ4n) is 1.77. The molecule has 0 aliphatic carbocycles. The summed E-state index contributed by atoms with van der Waals surface area (Å²) in [6, 6.07) is 5.01. The molecule has 1 aliphatic heterocycles. The zero-order valence-electron chi connectivity index (χ0n) is 10.9. The molecule has 1 aromatic rings. The summed E-state index contributed by atoms with van der Waals surface area (Å²) in [7, 11) is 0. The highest BCUT2D eigenvalue weighted by atomic mass is 35.5. The van der Waals surface area contributed by atoms with Crippen molar-refractivity contribution in [1.29, 1.82) is 0 Å². The SMILES string of the molecule is CC1(CC(=O)N/N=C/c2ccc(Cl)cc2Cl)OCCO1. The predicted octanol–water partition coefficient (Wildman–Crippen LogP) is 2.60. The Morgan fingerprint density at radius 1 is 1.45 bits per heavy atom. The van der Waals surface area contributed by atoms with Crippen LogP contribution in [-0.4, -0.2) is 31.1 Å². The lowest BCUT2D eigenvalue weighted by atomic mass is 10.2. The van der Waals surface area contributed by atoms with Crippen LogP contribution < -0.4 is 5.43 Å². The van der Waals surface area contributed by atoms with Gasteiger partial charge in [0, 0.05) is 10.6 Å². The molecular weight excluding hydrogens is 303 g/mol. The first-order valence-corrected chi connectivity index (χ1v) is 6.79. The van der Waals surface area contributed by atoms with Crippen LogP contribution >= 0.6 is 23.2 Å². The van der Waals surface area contributed by atoms with Crippen molar-refractivity contribution in [1.82, 2.24) is 5.43 Å². The fraction of sp³-hybridized carbons (Fsp3) is 0.385. The van der Waals surface area contributed by atoms with Crippen molar-refractivity contribution < 1.29 is 14.3 Å². The molecule has 1 fully saturated rings. The Morgan fingerprint density at radius 2 is 2.15 bits per heavy atom. The molecule has 1 aliphatic rings. The number of rotatable bonds is 4. The molecule has 7 heteroatoms. The van der Waals surface area contributed by atoms with E-state index in [4.69, 9.17) is 32.7 Å². The first kappa shape index (κ1) is 15.3. The van der Waals surface area contributed by atoms with Gasteiger partial charge in [0.25, 0.3) is 0 Å². The maximum atomic E-state index is 11.7.